The van der Waals surface area contributed by atoms with Crippen molar-refractivity contribution >= 4 is 17.3 Å². The Balaban J connectivity index is 1.52. The van der Waals surface area contributed by atoms with Crippen molar-refractivity contribution in [2.24, 2.45) is 0 Å². The largest absolute Gasteiger partial charge is 0.385 e. The molecule has 0 aliphatic heterocycles. The van der Waals surface area contributed by atoms with Gasteiger partial charge in [-0.05, 0) is 66.6 Å². The van der Waals surface area contributed by atoms with Crippen molar-refractivity contribution < 1.29 is 13.6 Å². The molecule has 5 heteroatoms. The van der Waals surface area contributed by atoms with Crippen molar-refractivity contribution in [3.63, 3.8) is 0 Å². The molecule has 0 saturated carbocycles. The van der Waals surface area contributed by atoms with Crippen molar-refractivity contribution in [1.29, 1.82) is 0 Å². The van der Waals surface area contributed by atoms with Crippen LogP contribution < -0.4 is 10.6 Å². The van der Waals surface area contributed by atoms with E-state index in [0.29, 0.717) is 29.8 Å². The number of anilines is 2. The van der Waals surface area contributed by atoms with Crippen LogP contribution in [0.2, 0.25) is 0 Å². The zero-order valence-electron chi connectivity index (χ0n) is 14.0. The molecule has 2 N–H and O–H groups in total. The first kappa shape index (κ1) is 17.6. The summed E-state index contributed by atoms with van der Waals surface area (Å²) in [6, 6.07) is 19.3. The molecule has 0 saturated heterocycles. The van der Waals surface area contributed by atoms with Crippen molar-refractivity contribution in [3.8, 4) is 0 Å². The van der Waals surface area contributed by atoms with E-state index in [1.54, 1.807) is 24.3 Å². The maximum absolute atomic E-state index is 13.6. The minimum Gasteiger partial charge on any atom is -0.385 e. The molecule has 0 radical (unpaired) electrons. The predicted molar refractivity (Wildman–Crippen MR) is 99.4 cm³/mol. The van der Waals surface area contributed by atoms with Crippen LogP contribution in [0.4, 0.5) is 20.2 Å². The van der Waals surface area contributed by atoms with E-state index in [1.165, 1.54) is 30.3 Å². The molecule has 26 heavy (non-hydrogen) atoms. The molecule has 3 nitrogen and oxygen atoms in total. The lowest BCUT2D eigenvalue weighted by molar-refractivity contribution is 0.102. The van der Waals surface area contributed by atoms with Crippen LogP contribution in [0, 0.1) is 11.6 Å². The van der Waals surface area contributed by atoms with Crippen LogP contribution in [-0.2, 0) is 6.42 Å². The summed E-state index contributed by atoms with van der Waals surface area (Å²) in [7, 11) is 0. The summed E-state index contributed by atoms with van der Waals surface area (Å²) in [5, 5.41) is 5.97. The summed E-state index contributed by atoms with van der Waals surface area (Å²) >= 11 is 0. The van der Waals surface area contributed by atoms with Crippen LogP contribution in [-0.4, -0.2) is 12.5 Å². The first-order valence-corrected chi connectivity index (χ1v) is 8.26. The molecule has 3 aromatic rings. The number of carbonyl (C=O) groups excluding carboxylic acids is 1. The Bertz CT molecular complexity index is 877. The summed E-state index contributed by atoms with van der Waals surface area (Å²) in [5.74, 6) is -0.884. The summed E-state index contributed by atoms with van der Waals surface area (Å²) in [6.07, 6.45) is 0.579. The minimum atomic E-state index is -0.382. The number of benzene rings is 3. The number of halogens is 2. The number of hydrogen-bond acceptors (Lipinski definition) is 2. The summed E-state index contributed by atoms with van der Waals surface area (Å²) in [5.41, 5.74) is 2.57. The Morgan fingerprint density at radius 3 is 2.15 bits per heavy atom. The zero-order chi connectivity index (χ0) is 18.4. The molecule has 132 valence electrons. The van der Waals surface area contributed by atoms with Gasteiger partial charge in [-0.3, -0.25) is 4.79 Å². The molecule has 3 aromatic carbocycles. The van der Waals surface area contributed by atoms with E-state index in [4.69, 9.17) is 0 Å². The molecule has 0 fully saturated rings. The smallest absolute Gasteiger partial charge is 0.255 e. The number of hydrogen-bond donors (Lipinski definition) is 2. The molecule has 1 amide bonds. The SMILES string of the molecule is O=C(Nc1ccc(NCCc2ccccc2F)cc1)c1ccc(F)cc1. The van der Waals surface area contributed by atoms with Crippen LogP contribution in [0.5, 0.6) is 0 Å². The van der Waals surface area contributed by atoms with Gasteiger partial charge in [0.1, 0.15) is 11.6 Å². The number of rotatable bonds is 6. The molecule has 0 bridgehead atoms. The summed E-state index contributed by atoms with van der Waals surface area (Å²) in [6.45, 7) is 0.599. The van der Waals surface area contributed by atoms with E-state index < -0.39 is 0 Å². The third kappa shape index (κ3) is 4.66. The Labute approximate surface area is 150 Å². The highest BCUT2D eigenvalue weighted by Gasteiger charge is 2.06. The highest BCUT2D eigenvalue weighted by molar-refractivity contribution is 6.04. The fraction of sp³-hybridized carbons (Fsp3) is 0.0952. The van der Waals surface area contributed by atoms with Crippen LogP contribution in [0.1, 0.15) is 15.9 Å². The summed E-state index contributed by atoms with van der Waals surface area (Å²) in [4.78, 5) is 12.1. The van der Waals surface area contributed by atoms with Crippen molar-refractivity contribution in [2.45, 2.75) is 6.42 Å². The molecular formula is C21H18F2N2O. The van der Waals surface area contributed by atoms with Gasteiger partial charge in [-0.2, -0.15) is 0 Å². The Hall–Kier alpha value is -3.21. The average Bonchev–Trinajstić information content (AvgIpc) is 2.65. The van der Waals surface area contributed by atoms with Crippen molar-refractivity contribution in [3.05, 3.63) is 95.6 Å². The lowest BCUT2D eigenvalue weighted by Gasteiger charge is -2.09. The minimum absolute atomic E-state index is 0.201. The maximum atomic E-state index is 13.6. The van der Waals surface area contributed by atoms with Gasteiger partial charge in [0.2, 0.25) is 0 Å². The van der Waals surface area contributed by atoms with Crippen molar-refractivity contribution in [2.75, 3.05) is 17.2 Å². The topological polar surface area (TPSA) is 41.1 Å². The van der Waals surface area contributed by atoms with Crippen LogP contribution in [0.15, 0.2) is 72.8 Å². The molecule has 0 aliphatic carbocycles. The number of amides is 1. The molecule has 3 rings (SSSR count). The van der Waals surface area contributed by atoms with Gasteiger partial charge in [0.15, 0.2) is 0 Å². The number of carbonyl (C=O) groups is 1. The standard InChI is InChI=1S/C21H18F2N2O/c22-17-7-5-16(6-8-17)21(26)25-19-11-9-18(10-12-19)24-14-13-15-3-1-2-4-20(15)23/h1-12,24H,13-14H2,(H,25,26). The quantitative estimate of drug-likeness (QED) is 0.664. The lowest BCUT2D eigenvalue weighted by atomic mass is 10.1. The third-order valence-corrected chi connectivity index (χ3v) is 3.93. The second-order valence-electron chi connectivity index (χ2n) is 5.81. The molecule has 0 atom stereocenters. The molecule has 0 aliphatic rings. The fourth-order valence-electron chi connectivity index (χ4n) is 2.52. The molecular weight excluding hydrogens is 334 g/mol. The highest BCUT2D eigenvalue weighted by atomic mass is 19.1. The van der Waals surface area contributed by atoms with E-state index >= 15 is 0 Å². The normalized spacial score (nSPS) is 10.4. The van der Waals surface area contributed by atoms with E-state index in [-0.39, 0.29) is 17.5 Å². The van der Waals surface area contributed by atoms with Gasteiger partial charge in [0, 0.05) is 23.5 Å². The summed E-state index contributed by atoms with van der Waals surface area (Å²) < 4.78 is 26.5. The monoisotopic (exact) mass is 352 g/mol. The van der Waals surface area contributed by atoms with Crippen LogP contribution in [0.25, 0.3) is 0 Å². The fourth-order valence-corrected chi connectivity index (χ4v) is 2.52. The van der Waals surface area contributed by atoms with Gasteiger partial charge >= 0.3 is 0 Å². The van der Waals surface area contributed by atoms with E-state index in [9.17, 15) is 13.6 Å². The van der Waals surface area contributed by atoms with E-state index in [2.05, 4.69) is 10.6 Å². The van der Waals surface area contributed by atoms with Crippen LogP contribution >= 0.6 is 0 Å². The van der Waals surface area contributed by atoms with Crippen LogP contribution in [0.3, 0.4) is 0 Å². The molecule has 0 heterocycles. The first-order chi connectivity index (χ1) is 12.6. The zero-order valence-corrected chi connectivity index (χ0v) is 14.0. The van der Waals surface area contributed by atoms with Gasteiger partial charge < -0.3 is 10.6 Å². The van der Waals surface area contributed by atoms with Gasteiger partial charge in [-0.15, -0.1) is 0 Å². The molecule has 0 aromatic heterocycles. The Kier molecular flexibility index (Phi) is 5.59. The number of nitrogens with one attached hydrogen (secondary N) is 2. The predicted octanol–water partition coefficient (Wildman–Crippen LogP) is 4.87. The molecule has 0 spiro atoms. The third-order valence-electron chi connectivity index (χ3n) is 3.93. The Morgan fingerprint density at radius 1 is 0.808 bits per heavy atom. The van der Waals surface area contributed by atoms with E-state index in [1.807, 2.05) is 18.2 Å². The molecule has 0 unspecified atom stereocenters. The highest BCUT2D eigenvalue weighted by Crippen LogP contribution is 2.15. The average molecular weight is 352 g/mol. The Morgan fingerprint density at radius 2 is 1.46 bits per heavy atom. The van der Waals surface area contributed by atoms with Gasteiger partial charge in [-0.1, -0.05) is 18.2 Å². The first-order valence-electron chi connectivity index (χ1n) is 8.26. The second-order valence-corrected chi connectivity index (χ2v) is 5.81. The van der Waals surface area contributed by atoms with Gasteiger partial charge in [-0.25, -0.2) is 8.78 Å². The van der Waals surface area contributed by atoms with Gasteiger partial charge in [0.05, 0.1) is 0 Å². The maximum Gasteiger partial charge on any atom is 0.255 e. The van der Waals surface area contributed by atoms with E-state index in [0.717, 1.165) is 5.69 Å². The van der Waals surface area contributed by atoms with Gasteiger partial charge in [0.25, 0.3) is 5.91 Å². The van der Waals surface area contributed by atoms with Crippen molar-refractivity contribution in [1.82, 2.24) is 0 Å². The lowest BCUT2D eigenvalue weighted by Crippen LogP contribution is -2.12. The second kappa shape index (κ2) is 8.25.